The van der Waals surface area contributed by atoms with Crippen molar-refractivity contribution in [2.75, 3.05) is 0 Å². The number of halogens is 2. The fourth-order valence-electron chi connectivity index (χ4n) is 2.35. The molecule has 0 saturated carbocycles. The summed E-state index contributed by atoms with van der Waals surface area (Å²) in [6.45, 7) is 7.43. The molecular weight excluding hydrogens is 236 g/mol. The topological polar surface area (TPSA) is 39.0 Å². The van der Waals surface area contributed by atoms with E-state index in [1.54, 1.807) is 13.8 Å². The Morgan fingerprint density at radius 3 is 2.11 bits per heavy atom. The van der Waals surface area contributed by atoms with Crippen LogP contribution in [0.15, 0.2) is 6.07 Å². The van der Waals surface area contributed by atoms with Gasteiger partial charge in [-0.05, 0) is 34.6 Å². The van der Waals surface area contributed by atoms with Crippen LogP contribution in [0, 0.1) is 11.6 Å². The molecule has 0 spiro atoms. The van der Waals surface area contributed by atoms with Crippen LogP contribution in [0.4, 0.5) is 8.78 Å². The normalized spacial score (nSPS) is 18.4. The summed E-state index contributed by atoms with van der Waals surface area (Å²) in [6, 6.07) is 0.754. The average molecular weight is 253 g/mol. The first-order valence-electron chi connectivity index (χ1n) is 6.16. The molecule has 1 saturated heterocycles. The van der Waals surface area contributed by atoms with Crippen molar-refractivity contribution in [3.63, 3.8) is 0 Å². The van der Waals surface area contributed by atoms with Gasteiger partial charge < -0.3 is 5.32 Å². The van der Waals surface area contributed by atoms with Crippen LogP contribution in [0.1, 0.15) is 62.3 Å². The van der Waals surface area contributed by atoms with E-state index >= 15 is 0 Å². The van der Waals surface area contributed by atoms with Crippen molar-refractivity contribution < 1.29 is 13.6 Å². The number of amides is 1. The van der Waals surface area contributed by atoms with Crippen LogP contribution >= 0.6 is 0 Å². The second kappa shape index (κ2) is 4.34. The molecule has 1 aliphatic rings. The first-order chi connectivity index (χ1) is 8.34. The highest BCUT2D eigenvalue weighted by atomic mass is 19.2. The van der Waals surface area contributed by atoms with Crippen molar-refractivity contribution in [1.29, 1.82) is 0 Å². The van der Waals surface area contributed by atoms with E-state index in [9.17, 15) is 13.6 Å². The van der Waals surface area contributed by atoms with Gasteiger partial charge >= 0.3 is 0 Å². The Kier molecular flexibility index (Phi) is 3.13. The molecule has 1 amide bonds. The van der Waals surface area contributed by atoms with Gasteiger partial charge in [0.25, 0.3) is 0 Å². The maximum atomic E-state index is 14.0. The van der Waals surface area contributed by atoms with E-state index in [-0.39, 0.29) is 17.7 Å². The van der Waals surface area contributed by atoms with Crippen molar-refractivity contribution in [2.24, 2.45) is 0 Å². The van der Waals surface area contributed by atoms with E-state index in [0.29, 0.717) is 16.7 Å². The van der Waals surface area contributed by atoms with Gasteiger partial charge in [0.05, 0.1) is 0 Å². The van der Waals surface area contributed by atoms with Gasteiger partial charge in [-0.2, -0.15) is 0 Å². The van der Waals surface area contributed by atoms with E-state index in [0.717, 1.165) is 0 Å². The molecular formula is C14H17F2NO. The molecule has 0 aromatic heterocycles. The molecule has 1 unspecified atom stereocenters. The average Bonchev–Trinajstić information content (AvgIpc) is 2.97. The summed E-state index contributed by atoms with van der Waals surface area (Å²) in [5.74, 6) is -1.90. The monoisotopic (exact) mass is 253 g/mol. The number of rotatable bonds is 3. The number of hydrogen-bond acceptors (Lipinski definition) is 1. The third-order valence-electron chi connectivity index (χ3n) is 3.28. The molecule has 98 valence electrons. The second-order valence-corrected chi connectivity index (χ2v) is 5.34. The fourth-order valence-corrected chi connectivity index (χ4v) is 2.35. The molecule has 2 rings (SSSR count). The first-order valence-corrected chi connectivity index (χ1v) is 6.16. The van der Waals surface area contributed by atoms with E-state index in [1.807, 2.05) is 13.8 Å². The van der Waals surface area contributed by atoms with Crippen molar-refractivity contribution in [1.82, 2.24) is 5.32 Å². The quantitative estimate of drug-likeness (QED) is 0.824. The molecule has 1 N–H and O–H groups in total. The summed E-state index contributed by atoms with van der Waals surface area (Å²) in [6.07, 6.45) is 0. The van der Waals surface area contributed by atoms with Gasteiger partial charge in [0.1, 0.15) is 6.04 Å². The lowest BCUT2D eigenvalue weighted by Crippen LogP contribution is -2.09. The van der Waals surface area contributed by atoms with Gasteiger partial charge in [-0.25, -0.2) is 8.78 Å². The van der Waals surface area contributed by atoms with Gasteiger partial charge in [0, 0.05) is 0 Å². The van der Waals surface area contributed by atoms with Crippen LogP contribution in [0.2, 0.25) is 0 Å². The Morgan fingerprint density at radius 2 is 1.72 bits per heavy atom. The standard InChI is InChI=1S/C14H17F2NO/c1-6(2)8-5-9(15)12(16)10(7(3)4)11(8)13-14(18)17-13/h5-7,13H,1-4H3,(H,17,18). The highest BCUT2D eigenvalue weighted by Crippen LogP contribution is 2.39. The lowest BCUT2D eigenvalue weighted by molar-refractivity contribution is -0.111. The van der Waals surface area contributed by atoms with Crippen molar-refractivity contribution >= 4 is 5.91 Å². The molecule has 18 heavy (non-hydrogen) atoms. The van der Waals surface area contributed by atoms with Crippen LogP contribution in [0.3, 0.4) is 0 Å². The van der Waals surface area contributed by atoms with Gasteiger partial charge in [-0.1, -0.05) is 27.7 Å². The Bertz CT molecular complexity index is 509. The Labute approximate surface area is 105 Å². The highest BCUT2D eigenvalue weighted by molar-refractivity contribution is 5.98. The van der Waals surface area contributed by atoms with Gasteiger partial charge in [0.2, 0.25) is 5.91 Å². The molecule has 0 bridgehead atoms. The summed E-state index contributed by atoms with van der Waals surface area (Å²) in [4.78, 5) is 11.3. The maximum Gasteiger partial charge on any atom is 0.248 e. The van der Waals surface area contributed by atoms with Gasteiger partial charge in [-0.3, -0.25) is 4.79 Å². The summed E-state index contributed by atoms with van der Waals surface area (Å²) in [7, 11) is 0. The van der Waals surface area contributed by atoms with Gasteiger partial charge in [-0.15, -0.1) is 0 Å². The number of nitrogens with one attached hydrogen (secondary N) is 1. The fraction of sp³-hybridized carbons (Fsp3) is 0.500. The third kappa shape index (κ3) is 2.00. The summed E-state index contributed by atoms with van der Waals surface area (Å²) in [5.41, 5.74) is 1.66. The summed E-state index contributed by atoms with van der Waals surface area (Å²) in [5, 5.41) is 2.66. The minimum Gasteiger partial charge on any atom is -0.338 e. The molecule has 1 aromatic carbocycles. The Balaban J connectivity index is 2.71. The largest absolute Gasteiger partial charge is 0.338 e. The first kappa shape index (κ1) is 13.0. The number of carbonyl (C=O) groups excluding carboxylic acids is 1. The molecule has 2 nitrogen and oxygen atoms in total. The molecule has 1 heterocycles. The molecule has 1 aromatic rings. The van der Waals surface area contributed by atoms with Gasteiger partial charge in [0.15, 0.2) is 11.6 Å². The lowest BCUT2D eigenvalue weighted by Gasteiger charge is -2.19. The number of hydrogen-bond donors (Lipinski definition) is 1. The van der Waals surface area contributed by atoms with Crippen LogP contribution < -0.4 is 5.32 Å². The minimum atomic E-state index is -0.834. The zero-order valence-corrected chi connectivity index (χ0v) is 11.0. The lowest BCUT2D eigenvalue weighted by atomic mass is 9.86. The van der Waals surface area contributed by atoms with E-state index < -0.39 is 17.7 Å². The molecule has 0 aliphatic carbocycles. The zero-order chi connectivity index (χ0) is 13.6. The SMILES string of the molecule is CC(C)c1cc(F)c(F)c(C(C)C)c1C1NC1=O. The van der Waals surface area contributed by atoms with Crippen molar-refractivity contribution in [2.45, 2.75) is 45.6 Å². The predicted molar refractivity (Wildman–Crippen MR) is 65.4 cm³/mol. The molecule has 1 atom stereocenters. The zero-order valence-electron chi connectivity index (χ0n) is 11.0. The van der Waals surface area contributed by atoms with Crippen LogP contribution in [-0.2, 0) is 4.79 Å². The molecule has 4 heteroatoms. The van der Waals surface area contributed by atoms with E-state index in [2.05, 4.69) is 5.32 Å². The Morgan fingerprint density at radius 1 is 1.17 bits per heavy atom. The highest BCUT2D eigenvalue weighted by Gasteiger charge is 2.40. The molecule has 1 fully saturated rings. The van der Waals surface area contributed by atoms with Crippen LogP contribution in [-0.4, -0.2) is 5.91 Å². The minimum absolute atomic E-state index is 0.0443. The third-order valence-corrected chi connectivity index (χ3v) is 3.28. The van der Waals surface area contributed by atoms with Crippen LogP contribution in [0.5, 0.6) is 0 Å². The van der Waals surface area contributed by atoms with Crippen molar-refractivity contribution in [3.05, 3.63) is 34.4 Å². The Hall–Kier alpha value is -1.45. The maximum absolute atomic E-state index is 14.0. The molecule has 0 radical (unpaired) electrons. The van der Waals surface area contributed by atoms with Crippen LogP contribution in [0.25, 0.3) is 0 Å². The molecule has 1 aliphatic heterocycles. The predicted octanol–water partition coefficient (Wildman–Crippen LogP) is 3.38. The number of carbonyl (C=O) groups is 1. The number of benzene rings is 1. The van der Waals surface area contributed by atoms with Crippen molar-refractivity contribution in [3.8, 4) is 0 Å². The summed E-state index contributed by atoms with van der Waals surface area (Å²) < 4.78 is 27.6. The second-order valence-electron chi connectivity index (χ2n) is 5.34. The van der Waals surface area contributed by atoms with E-state index in [4.69, 9.17) is 0 Å². The smallest absolute Gasteiger partial charge is 0.248 e. The van der Waals surface area contributed by atoms with E-state index in [1.165, 1.54) is 6.07 Å². The summed E-state index contributed by atoms with van der Waals surface area (Å²) >= 11 is 0.